The van der Waals surface area contributed by atoms with E-state index in [1.165, 1.54) is 78.9 Å². The predicted octanol–water partition coefficient (Wildman–Crippen LogP) is 13.1. The number of carboxylic acids is 2. The number of ether oxygens (including phenoxy) is 5. The van der Waals surface area contributed by atoms with Crippen molar-refractivity contribution in [1.29, 1.82) is 0 Å². The molecule has 0 saturated heterocycles. The highest BCUT2D eigenvalue weighted by Crippen LogP contribution is 2.28. The molecule has 0 aliphatic rings. The number of nitrogens with zero attached hydrogens (tertiary/aromatic N) is 14. The molecule has 0 aliphatic heterocycles. The smallest absolute Gasteiger partial charge is 0.381 e. The molecule has 2 N–H and O–H groups in total. The van der Waals surface area contributed by atoms with Gasteiger partial charge in [-0.15, -0.1) is 0 Å². The van der Waals surface area contributed by atoms with E-state index < -0.39 is 83.8 Å². The first-order valence-electron chi connectivity index (χ1n) is 43.1. The molecule has 0 fully saturated rings. The van der Waals surface area contributed by atoms with Crippen molar-refractivity contribution in [2.45, 2.75) is 200 Å². The van der Waals surface area contributed by atoms with Crippen LogP contribution in [0.15, 0.2) is 110 Å². The molecule has 0 atom stereocenters. The summed E-state index contributed by atoms with van der Waals surface area (Å²) in [6.45, 7) is 26.7. The lowest BCUT2D eigenvalue weighted by Gasteiger charge is -2.10. The van der Waals surface area contributed by atoms with Gasteiger partial charge in [0.15, 0.2) is 23.1 Å². The maximum atomic E-state index is 13.5. The topological polar surface area (TPSA) is 586 Å². The molecule has 9 heterocycles. The molecule has 0 radical (unpaired) electrons. The van der Waals surface area contributed by atoms with Crippen LogP contribution in [0.1, 0.15) is 245 Å². The van der Waals surface area contributed by atoms with E-state index in [1.54, 1.807) is 92.3 Å². The van der Waals surface area contributed by atoms with E-state index >= 15 is 0 Å². The Kier molecular flexibility index (Phi) is 42.8. The largest absolute Gasteiger partial charge is 0.481 e. The first-order chi connectivity index (χ1) is 63.6. The molecule has 9 aromatic heterocycles. The normalized spacial score (nSPS) is 10.8. The van der Waals surface area contributed by atoms with Gasteiger partial charge in [-0.25, -0.2) is 24.0 Å². The summed E-state index contributed by atoms with van der Waals surface area (Å²) in [6, 6.07) is 12.1. The standard InChI is InChI=1S/C30H38N4O8.C27H32N4O8.2C12H16N2O5.C9H10N2O5/c1-5-7-9-31-17-21(13-28(36)25-15-23(34(40)41)19-33(25)16-20(3)4)11-24(31)27(35)14-22-12-26(30(39)42-6-2)32(18-22)10-8-29(37)38;1-5-39-27(36)23-9-19(15-29(23)7-6-26(34)35)11-24(32)21-8-18(14-28(21)4)10-25(33)22-12-20(31(37)38)16-30(22)13-17(2)3;1-4-19-12(16)11(15)10-5-9(14(17)18)7-13(10)6-8(2)3;1-3-5-6-13-8-9(14(17)18)7-10(13)11(15)12(16)19-4-2;1-3-16-9(13)8(12)7-4-6(11(14)15)5-10(7)2/h11-12,15,17-20H,5-10,13-14,16H2,1-4H3,(H,37,38);8-9,12,14-17H,5-7,10-11,13H2,1-4H3,(H,34,35);5,7-8H,4,6H2,1-3H3;7-8H,3-6H2,1-2H3;4-5H,3H2,1-2H3. The molecule has 9 aromatic rings. The molecule has 0 unspecified atom stereocenters. The second-order valence-electron chi connectivity index (χ2n) is 31.8. The maximum absolute atomic E-state index is 13.5. The van der Waals surface area contributed by atoms with Crippen molar-refractivity contribution in [2.75, 3.05) is 33.0 Å². The number of hydrogen-bond donors (Lipinski definition) is 2. The number of rotatable bonds is 48. The zero-order valence-electron chi connectivity index (χ0n) is 77.7. The second kappa shape index (κ2) is 52.5. The lowest BCUT2D eigenvalue weighted by atomic mass is 10.1. The van der Waals surface area contributed by atoms with Gasteiger partial charge in [0.1, 0.15) is 28.5 Å². The van der Waals surface area contributed by atoms with Gasteiger partial charge in [0.05, 0.1) is 124 Å². The summed E-state index contributed by atoms with van der Waals surface area (Å²) in [5.74, 6) is -9.42. The number of carbonyl (C=O) groups is 14. The van der Waals surface area contributed by atoms with Crippen LogP contribution in [0.2, 0.25) is 0 Å². The zero-order chi connectivity index (χ0) is 101. The van der Waals surface area contributed by atoms with Gasteiger partial charge in [-0.2, -0.15) is 0 Å². The van der Waals surface area contributed by atoms with E-state index in [0.717, 1.165) is 50.1 Å². The highest BCUT2D eigenvalue weighted by molar-refractivity contribution is 6.41. The fourth-order valence-corrected chi connectivity index (χ4v) is 13.6. The summed E-state index contributed by atoms with van der Waals surface area (Å²) in [5, 5.41) is 72.6. The van der Waals surface area contributed by atoms with Crippen LogP contribution >= 0.6 is 0 Å². The first kappa shape index (κ1) is 110. The van der Waals surface area contributed by atoms with Gasteiger partial charge in [0.2, 0.25) is 0 Å². The molecule has 45 nitrogen and oxygen atoms in total. The zero-order valence-corrected chi connectivity index (χ0v) is 77.7. The summed E-state index contributed by atoms with van der Waals surface area (Å²) in [5.41, 5.74) is 2.79. The predicted molar refractivity (Wildman–Crippen MR) is 481 cm³/mol. The number of ketones is 7. The number of aryl methyl sites for hydroxylation is 6. The highest BCUT2D eigenvalue weighted by Gasteiger charge is 2.32. The van der Waals surface area contributed by atoms with Gasteiger partial charge in [0, 0.05) is 141 Å². The van der Waals surface area contributed by atoms with Crippen LogP contribution in [0.3, 0.4) is 0 Å². The minimum Gasteiger partial charge on any atom is -0.481 e. The van der Waals surface area contributed by atoms with Crippen molar-refractivity contribution < 1.29 is 126 Å². The lowest BCUT2D eigenvalue weighted by molar-refractivity contribution is -0.385. The van der Waals surface area contributed by atoms with Crippen molar-refractivity contribution in [3.8, 4) is 0 Å². The SMILES string of the molecule is CCCCn1cc(CC(=O)c2cc([N+](=O)[O-])cn2CC(C)C)cc1C(=O)Cc1cc(C(=O)OCC)n(CCC(=O)O)c1.CCCCn1cc([N+](=O)[O-])cc1C(=O)C(=O)OCC.CCOC(=O)C(=O)c1cc([N+](=O)[O-])cn1C.CCOC(=O)C(=O)c1cc([N+](=O)[O-])cn1CC(C)C.CCOC(=O)c1cc(CC(=O)c2cc(CC(=O)c3cc([N+](=O)[O-])cn3CC(C)C)cn2C)cn1CCC(=O)O. The minimum absolute atomic E-state index is 0.00130. The van der Waals surface area contributed by atoms with Crippen molar-refractivity contribution in [3.63, 3.8) is 0 Å². The molecule has 0 bridgehead atoms. The molecule has 0 amide bonds. The maximum Gasteiger partial charge on any atom is 0.381 e. The monoisotopic (exact) mass is 1880 g/mol. The Bertz CT molecular complexity index is 5840. The summed E-state index contributed by atoms with van der Waals surface area (Å²) in [4.78, 5) is 221. The Morgan fingerprint density at radius 3 is 0.859 bits per heavy atom. The molecule has 135 heavy (non-hydrogen) atoms. The number of aromatic nitrogens is 9. The van der Waals surface area contributed by atoms with Crippen molar-refractivity contribution >= 4 is 111 Å². The van der Waals surface area contributed by atoms with Crippen LogP contribution < -0.4 is 0 Å². The molecule has 0 aromatic carbocycles. The molecule has 45 heteroatoms. The van der Waals surface area contributed by atoms with Gasteiger partial charge < -0.3 is 75.0 Å². The van der Waals surface area contributed by atoms with Crippen molar-refractivity contribution in [3.05, 3.63) is 234 Å². The van der Waals surface area contributed by atoms with E-state index in [0.29, 0.717) is 66.4 Å². The van der Waals surface area contributed by atoms with E-state index in [2.05, 4.69) is 14.2 Å². The Morgan fingerprint density at radius 1 is 0.304 bits per heavy atom. The van der Waals surface area contributed by atoms with Crippen LogP contribution in [0, 0.1) is 68.3 Å². The van der Waals surface area contributed by atoms with Gasteiger partial charge in [-0.05, 0) is 112 Å². The van der Waals surface area contributed by atoms with Gasteiger partial charge in [-0.1, -0.05) is 68.2 Å². The number of carboxylic acid groups (broad SMARTS) is 2. The number of nitro groups is 5. The Labute approximate surface area is 773 Å². The number of esters is 5. The van der Waals surface area contributed by atoms with E-state index in [4.69, 9.17) is 19.7 Å². The quantitative estimate of drug-likeness (QED) is 0.00893. The molecule has 0 aliphatic carbocycles. The average molecular weight is 1890 g/mol. The highest BCUT2D eigenvalue weighted by atomic mass is 16.6. The summed E-state index contributed by atoms with van der Waals surface area (Å²) in [7, 11) is 3.12. The Balaban J connectivity index is 0.000000316. The van der Waals surface area contributed by atoms with Gasteiger partial charge >= 0.3 is 41.8 Å². The third kappa shape index (κ3) is 32.8. The second-order valence-corrected chi connectivity index (χ2v) is 31.8. The fourth-order valence-electron chi connectivity index (χ4n) is 13.6. The van der Waals surface area contributed by atoms with Crippen LogP contribution in [-0.4, -0.2) is 191 Å². The molecular formula is C90H112N14O31. The van der Waals surface area contributed by atoms with Crippen LogP contribution in [0.4, 0.5) is 28.4 Å². The van der Waals surface area contributed by atoms with E-state index in [-0.39, 0.29) is 194 Å². The molecule has 9 rings (SSSR count). The first-order valence-corrected chi connectivity index (χ1v) is 43.1. The number of hydrogen-bond acceptors (Lipinski definition) is 29. The van der Waals surface area contributed by atoms with Crippen molar-refractivity contribution in [1.82, 2.24) is 41.1 Å². The minimum atomic E-state index is -1.02. The summed E-state index contributed by atoms with van der Waals surface area (Å²) in [6.07, 6.45) is 15.8. The Morgan fingerprint density at radius 2 is 0.548 bits per heavy atom. The van der Waals surface area contributed by atoms with E-state index in [1.807, 2.05) is 60.0 Å². The number of aliphatic carboxylic acids is 2. The van der Waals surface area contributed by atoms with Crippen molar-refractivity contribution in [2.24, 2.45) is 31.8 Å². The average Bonchev–Trinajstić information content (AvgIpc) is 1.58. The van der Waals surface area contributed by atoms with Crippen LogP contribution in [0.5, 0.6) is 0 Å². The third-order valence-electron chi connectivity index (χ3n) is 19.5. The van der Waals surface area contributed by atoms with Crippen LogP contribution in [0.25, 0.3) is 0 Å². The number of carbonyl (C=O) groups excluding carboxylic acids is 12. The molecule has 0 spiro atoms. The molecular weight excluding hydrogens is 1770 g/mol. The molecule has 0 saturated carbocycles. The Hall–Kier alpha value is -15.5. The number of unbranched alkanes of at least 4 members (excludes halogenated alkanes) is 2. The third-order valence-corrected chi connectivity index (χ3v) is 19.5. The van der Waals surface area contributed by atoms with Gasteiger partial charge in [0.25, 0.3) is 45.8 Å². The fraction of sp³-hybridized carbons (Fsp3) is 0.444. The summed E-state index contributed by atoms with van der Waals surface area (Å²) >= 11 is 0. The summed E-state index contributed by atoms with van der Waals surface area (Å²) < 4.78 is 37.5. The van der Waals surface area contributed by atoms with Gasteiger partial charge in [-0.3, -0.25) is 93.7 Å². The van der Waals surface area contributed by atoms with E-state index in [9.17, 15) is 118 Å². The number of Topliss-reactive ketones (excluding diaryl/α,β-unsaturated/α-hetero) is 7. The molecule has 728 valence electrons. The lowest BCUT2D eigenvalue weighted by Crippen LogP contribution is -2.21. The van der Waals surface area contributed by atoms with Crippen LogP contribution in [-0.2, 0) is 133 Å².